The normalized spacial score (nSPS) is 20.8. The fraction of sp³-hybridized carbons (Fsp3) is 0.391. The van der Waals surface area contributed by atoms with E-state index in [1.165, 1.54) is 24.8 Å². The van der Waals surface area contributed by atoms with Gasteiger partial charge in [-0.15, -0.1) is 0 Å². The summed E-state index contributed by atoms with van der Waals surface area (Å²) in [7, 11) is 1.83. The summed E-state index contributed by atoms with van der Waals surface area (Å²) < 4.78 is 34.0. The molecule has 1 spiro atoms. The van der Waals surface area contributed by atoms with Gasteiger partial charge < -0.3 is 15.3 Å². The second kappa shape index (κ2) is 11.6. The van der Waals surface area contributed by atoms with Gasteiger partial charge in [0.15, 0.2) is 0 Å². The van der Waals surface area contributed by atoms with Crippen LogP contribution in [0.15, 0.2) is 41.5 Å². The highest BCUT2D eigenvalue weighted by atomic mass is 35.5. The van der Waals surface area contributed by atoms with Gasteiger partial charge in [0, 0.05) is 29.1 Å². The molecule has 0 saturated carbocycles. The van der Waals surface area contributed by atoms with Crippen molar-refractivity contribution in [3.63, 3.8) is 0 Å². The van der Waals surface area contributed by atoms with Crippen molar-refractivity contribution in [1.82, 2.24) is 5.01 Å². The zero-order valence-corrected chi connectivity index (χ0v) is 20.1. The summed E-state index contributed by atoms with van der Waals surface area (Å²) >= 11 is 7.65. The van der Waals surface area contributed by atoms with E-state index in [9.17, 15) is 8.78 Å². The minimum atomic E-state index is -0.647. The van der Waals surface area contributed by atoms with Crippen molar-refractivity contribution >= 4 is 34.7 Å². The van der Waals surface area contributed by atoms with Crippen molar-refractivity contribution in [3.8, 4) is 5.75 Å². The van der Waals surface area contributed by atoms with Gasteiger partial charge in [-0.1, -0.05) is 37.2 Å². The van der Waals surface area contributed by atoms with Gasteiger partial charge in [-0.2, -0.15) is 5.10 Å². The Hall–Kier alpha value is -2.16. The van der Waals surface area contributed by atoms with Gasteiger partial charge in [0.25, 0.3) is 0 Å². The Morgan fingerprint density at radius 1 is 1.31 bits per heavy atom. The van der Waals surface area contributed by atoms with Crippen LogP contribution in [-0.4, -0.2) is 36.5 Å². The molecule has 2 heterocycles. The maximum atomic E-state index is 14.4. The second-order valence-electron chi connectivity index (χ2n) is 6.81. The first-order valence-corrected chi connectivity index (χ1v) is 11.6. The van der Waals surface area contributed by atoms with Gasteiger partial charge in [0.05, 0.1) is 6.61 Å². The van der Waals surface area contributed by atoms with Gasteiger partial charge in [0.1, 0.15) is 33.6 Å². The third-order valence-electron chi connectivity index (χ3n) is 4.97. The number of rotatable bonds is 3. The zero-order valence-electron chi connectivity index (χ0n) is 18.6. The Kier molecular flexibility index (Phi) is 9.48. The lowest BCUT2D eigenvalue weighted by molar-refractivity contribution is -0.106. The number of ether oxygens (including phenoxy) is 1. The SMILES string of the molecule is CC.CC=O.CN1N=C(c2cc(F)ccc2F)SC12c1cc(Cl)ccc1OCC2CCN. The fourth-order valence-corrected chi connectivity index (χ4v) is 5.39. The van der Waals surface area contributed by atoms with E-state index >= 15 is 0 Å². The van der Waals surface area contributed by atoms with Crippen molar-refractivity contribution < 1.29 is 18.3 Å². The predicted octanol–water partition coefficient (Wildman–Crippen LogP) is 5.40. The van der Waals surface area contributed by atoms with Crippen molar-refractivity contribution in [1.29, 1.82) is 0 Å². The molecule has 0 bridgehead atoms. The molecule has 4 rings (SSSR count). The summed E-state index contributed by atoms with van der Waals surface area (Å²) in [6.07, 6.45) is 1.44. The van der Waals surface area contributed by atoms with Crippen molar-refractivity contribution in [2.24, 2.45) is 16.8 Å². The lowest BCUT2D eigenvalue weighted by Crippen LogP contribution is -2.48. The maximum Gasteiger partial charge on any atom is 0.143 e. The Labute approximate surface area is 197 Å². The largest absolute Gasteiger partial charge is 0.493 e. The van der Waals surface area contributed by atoms with Gasteiger partial charge in [-0.05, 0) is 56.3 Å². The van der Waals surface area contributed by atoms with Crippen LogP contribution in [-0.2, 0) is 9.67 Å². The van der Waals surface area contributed by atoms with E-state index < -0.39 is 16.5 Å². The van der Waals surface area contributed by atoms with E-state index in [-0.39, 0.29) is 11.5 Å². The quantitative estimate of drug-likeness (QED) is 0.592. The van der Waals surface area contributed by atoms with Crippen LogP contribution in [0.3, 0.4) is 0 Å². The van der Waals surface area contributed by atoms with Crippen LogP contribution in [0.25, 0.3) is 0 Å². The van der Waals surface area contributed by atoms with E-state index in [2.05, 4.69) is 5.10 Å². The number of carbonyl (C=O) groups is 1. The molecule has 5 nitrogen and oxygen atoms in total. The van der Waals surface area contributed by atoms with Crippen LogP contribution >= 0.6 is 23.4 Å². The molecule has 32 heavy (non-hydrogen) atoms. The van der Waals surface area contributed by atoms with Crippen molar-refractivity contribution in [2.45, 2.75) is 32.1 Å². The third-order valence-corrected chi connectivity index (χ3v) is 6.83. The van der Waals surface area contributed by atoms with Crippen LogP contribution in [0.2, 0.25) is 5.02 Å². The summed E-state index contributed by atoms with van der Waals surface area (Å²) in [6.45, 7) is 6.38. The summed E-state index contributed by atoms with van der Waals surface area (Å²) in [5.41, 5.74) is 6.85. The van der Waals surface area contributed by atoms with Gasteiger partial charge in [-0.3, -0.25) is 5.01 Å². The highest BCUT2D eigenvalue weighted by Gasteiger charge is 2.53. The molecule has 0 aliphatic carbocycles. The number of benzene rings is 2. The first-order chi connectivity index (χ1) is 15.4. The average molecular weight is 484 g/mol. The number of hydrazone groups is 1. The molecule has 0 amide bonds. The number of hydrogen-bond acceptors (Lipinski definition) is 6. The minimum Gasteiger partial charge on any atom is -0.493 e. The molecular formula is C23H28ClF2N3O2S. The first-order valence-electron chi connectivity index (χ1n) is 10.4. The highest BCUT2D eigenvalue weighted by molar-refractivity contribution is 8.15. The maximum absolute atomic E-state index is 14.4. The summed E-state index contributed by atoms with van der Waals surface area (Å²) in [5.74, 6) is -0.307. The Bertz CT molecular complexity index is 976. The lowest BCUT2D eigenvalue weighted by atomic mass is 9.87. The molecule has 2 unspecified atom stereocenters. The average Bonchev–Trinajstić information content (AvgIpc) is 3.12. The van der Waals surface area contributed by atoms with Gasteiger partial charge in [0.2, 0.25) is 0 Å². The lowest BCUT2D eigenvalue weighted by Gasteiger charge is -2.45. The molecule has 9 heteroatoms. The van der Waals surface area contributed by atoms with Crippen LogP contribution in [0.1, 0.15) is 38.3 Å². The monoisotopic (exact) mass is 483 g/mol. The van der Waals surface area contributed by atoms with Gasteiger partial charge in [-0.25, -0.2) is 8.78 Å². The predicted molar refractivity (Wildman–Crippen MR) is 127 cm³/mol. The van der Waals surface area contributed by atoms with E-state index in [0.29, 0.717) is 35.4 Å². The number of nitrogens with zero attached hydrogens (tertiary/aromatic N) is 2. The van der Waals surface area contributed by atoms with Crippen molar-refractivity contribution in [3.05, 3.63) is 64.2 Å². The molecular weight excluding hydrogens is 456 g/mol. The van der Waals surface area contributed by atoms with Gasteiger partial charge >= 0.3 is 0 Å². The number of thioether (sulfide) groups is 1. The summed E-state index contributed by atoms with van der Waals surface area (Å²) in [5, 5.41) is 7.36. The minimum absolute atomic E-state index is 0.00124. The summed E-state index contributed by atoms with van der Waals surface area (Å²) in [6, 6.07) is 8.83. The molecule has 0 aromatic heterocycles. The number of halogens is 3. The van der Waals surface area contributed by atoms with Crippen molar-refractivity contribution in [2.75, 3.05) is 20.2 Å². The van der Waals surface area contributed by atoms with E-state index in [1.807, 2.05) is 33.0 Å². The number of hydrogen-bond donors (Lipinski definition) is 1. The molecule has 0 fully saturated rings. The Morgan fingerprint density at radius 3 is 2.66 bits per heavy atom. The first kappa shape index (κ1) is 26.1. The molecule has 2 aromatic carbocycles. The second-order valence-corrected chi connectivity index (χ2v) is 8.46. The number of fused-ring (bicyclic) bond motifs is 2. The smallest absolute Gasteiger partial charge is 0.143 e. The van der Waals surface area contributed by atoms with Crippen LogP contribution in [0.4, 0.5) is 8.78 Å². The van der Waals surface area contributed by atoms with Crippen LogP contribution < -0.4 is 10.5 Å². The number of aldehydes is 1. The molecule has 0 saturated heterocycles. The molecule has 174 valence electrons. The number of carbonyl (C=O) groups excluding carboxylic acids is 1. The standard InChI is InChI=1S/C19H18ClF2N3OS.C2H4O.C2H6/c1-25-19(27-18(24-25)14-9-13(21)3-4-16(14)22)11(6-7-23)10-26-17-5-2-12(20)8-15(17)19;1-2-3;1-2/h2-5,8-9,11H,6-7,10,23H2,1H3;2H,1H3;1-2H3. The summed E-state index contributed by atoms with van der Waals surface area (Å²) in [4.78, 5) is 8.16. The molecule has 0 radical (unpaired) electrons. The van der Waals surface area contributed by atoms with E-state index in [0.717, 1.165) is 24.0 Å². The third kappa shape index (κ3) is 5.08. The Morgan fingerprint density at radius 2 is 2.00 bits per heavy atom. The molecule has 2 aliphatic rings. The Balaban J connectivity index is 0.000000671. The molecule has 2 atom stereocenters. The van der Waals surface area contributed by atoms with E-state index in [1.54, 1.807) is 11.1 Å². The van der Waals surface area contributed by atoms with Crippen LogP contribution in [0.5, 0.6) is 5.75 Å². The molecule has 2 aromatic rings. The molecule has 2 aliphatic heterocycles. The fourth-order valence-electron chi connectivity index (χ4n) is 3.70. The highest BCUT2D eigenvalue weighted by Crippen LogP contribution is 2.57. The van der Waals surface area contributed by atoms with E-state index in [4.69, 9.17) is 26.9 Å². The van der Waals surface area contributed by atoms with Crippen LogP contribution in [0, 0.1) is 17.6 Å². The molecule has 2 N–H and O–H groups in total. The number of nitrogens with two attached hydrogens (primary N) is 1. The topological polar surface area (TPSA) is 67.9 Å². The zero-order chi connectivity index (χ0) is 23.9.